The second kappa shape index (κ2) is 16.3. The molecule has 1 aliphatic heterocycles. The van der Waals surface area contributed by atoms with E-state index in [-0.39, 0.29) is 38.4 Å². The van der Waals surface area contributed by atoms with Gasteiger partial charge in [-0.2, -0.15) is 17.8 Å². The summed E-state index contributed by atoms with van der Waals surface area (Å²) in [6.45, 7) is 11.3. The molecule has 11 rings (SSSR count). The van der Waals surface area contributed by atoms with Gasteiger partial charge in [0.05, 0.1) is 11.6 Å². The molecular formula is C57H46N4PtS. The quantitative estimate of drug-likeness (QED) is 0.149. The summed E-state index contributed by atoms with van der Waals surface area (Å²) in [5, 5.41) is 5.71. The first-order valence-corrected chi connectivity index (χ1v) is 22.5. The summed E-state index contributed by atoms with van der Waals surface area (Å²) in [4.78, 5) is 10.6. The average Bonchev–Trinajstić information content (AvgIpc) is 3.99. The number of hydrogen-bond acceptors (Lipinski definition) is 3. The Hall–Kier alpha value is -6.00. The van der Waals surface area contributed by atoms with Crippen molar-refractivity contribution in [1.82, 2.24) is 14.1 Å². The van der Waals surface area contributed by atoms with Gasteiger partial charge in [0.1, 0.15) is 5.65 Å². The van der Waals surface area contributed by atoms with Crippen molar-refractivity contribution in [3.63, 3.8) is 0 Å². The minimum absolute atomic E-state index is 0. The zero-order chi connectivity index (χ0) is 42.1. The zero-order valence-corrected chi connectivity index (χ0v) is 39.1. The van der Waals surface area contributed by atoms with Gasteiger partial charge in [0, 0.05) is 39.2 Å². The first-order valence-electron chi connectivity index (χ1n) is 21.5. The molecule has 10 aromatic rings. The number of aromatic nitrogens is 3. The molecule has 63 heavy (non-hydrogen) atoms. The van der Waals surface area contributed by atoms with Gasteiger partial charge in [0.25, 0.3) is 0 Å². The third kappa shape index (κ3) is 7.26. The Morgan fingerprint density at radius 3 is 2.02 bits per heavy atom. The van der Waals surface area contributed by atoms with Gasteiger partial charge >= 0.3 is 21.1 Å². The Labute approximate surface area is 388 Å². The van der Waals surface area contributed by atoms with E-state index in [4.69, 9.17) is 9.98 Å². The fourth-order valence-corrected chi connectivity index (χ4v) is 10.5. The normalized spacial score (nSPS) is 14.3. The van der Waals surface area contributed by atoms with E-state index in [2.05, 4.69) is 208 Å². The van der Waals surface area contributed by atoms with Crippen molar-refractivity contribution < 1.29 is 21.1 Å². The number of thioether (sulfide) groups is 1. The molecule has 1 atom stereocenters. The van der Waals surface area contributed by atoms with Crippen LogP contribution in [-0.4, -0.2) is 31.0 Å². The summed E-state index contributed by atoms with van der Waals surface area (Å²) in [5.74, 6) is 1.06. The van der Waals surface area contributed by atoms with Crippen LogP contribution in [-0.2, 0) is 26.5 Å². The van der Waals surface area contributed by atoms with Gasteiger partial charge < -0.3 is 14.1 Å². The second-order valence-corrected chi connectivity index (χ2v) is 18.8. The molecular weight excluding hydrogens is 968 g/mol. The van der Waals surface area contributed by atoms with Gasteiger partial charge in [-0.15, -0.1) is 46.3 Å². The smallest absolute Gasteiger partial charge is 0.352 e. The van der Waals surface area contributed by atoms with E-state index in [0.29, 0.717) is 0 Å². The SMILES string of the molecule is Cc1ccc2c(c1)c1cc(C)c(-n3c4ccc(-c5ccccc5)cc4c4cccnc43)[c-]c1n2-c1[c-]c(C2=N[C@H](C(c3ccccc3)c3ccccc3)CS2)cc(C(C)(C)C)c1.[Pt+2]. The number of benzene rings is 7. The predicted molar refractivity (Wildman–Crippen MR) is 262 cm³/mol. The van der Waals surface area contributed by atoms with Gasteiger partial charge in [-0.25, -0.2) is 4.98 Å². The molecule has 1 aliphatic rings. The molecule has 0 saturated carbocycles. The van der Waals surface area contributed by atoms with Crippen LogP contribution >= 0.6 is 11.8 Å². The molecule has 0 saturated heterocycles. The largest absolute Gasteiger partial charge is 2.00 e. The topological polar surface area (TPSA) is 35.1 Å². The molecule has 0 aliphatic carbocycles. The van der Waals surface area contributed by atoms with E-state index >= 15 is 0 Å². The van der Waals surface area contributed by atoms with Crippen LogP contribution in [0.5, 0.6) is 0 Å². The number of aliphatic imine (C=N–C) groups is 1. The molecule has 6 heteroatoms. The molecule has 0 spiro atoms. The van der Waals surface area contributed by atoms with Gasteiger partial charge in [-0.1, -0.05) is 154 Å². The number of hydrogen-bond donors (Lipinski definition) is 0. The van der Waals surface area contributed by atoms with Crippen LogP contribution in [0.4, 0.5) is 0 Å². The molecule has 0 N–H and O–H groups in total. The van der Waals surface area contributed by atoms with Crippen LogP contribution in [0.15, 0.2) is 169 Å². The van der Waals surface area contributed by atoms with Gasteiger partial charge in [-0.3, -0.25) is 0 Å². The predicted octanol–water partition coefficient (Wildman–Crippen LogP) is 14.1. The summed E-state index contributed by atoms with van der Waals surface area (Å²) in [6.07, 6.45) is 1.90. The van der Waals surface area contributed by atoms with Crippen LogP contribution in [0.1, 0.15) is 60.1 Å². The first-order chi connectivity index (χ1) is 30.2. The van der Waals surface area contributed by atoms with Crippen molar-refractivity contribution in [1.29, 1.82) is 0 Å². The molecule has 0 bridgehead atoms. The summed E-state index contributed by atoms with van der Waals surface area (Å²) in [6, 6.07) is 65.2. The van der Waals surface area contributed by atoms with E-state index in [1.165, 1.54) is 49.5 Å². The molecule has 310 valence electrons. The molecule has 4 nitrogen and oxygen atoms in total. The van der Waals surface area contributed by atoms with E-state index in [1.807, 2.05) is 24.0 Å². The van der Waals surface area contributed by atoms with Crippen LogP contribution < -0.4 is 0 Å². The molecule has 0 amide bonds. The minimum Gasteiger partial charge on any atom is -0.352 e. The number of nitrogens with zero attached hydrogens (tertiary/aromatic N) is 4. The molecule has 0 unspecified atom stereocenters. The van der Waals surface area contributed by atoms with E-state index in [9.17, 15) is 0 Å². The van der Waals surface area contributed by atoms with Crippen molar-refractivity contribution in [3.8, 4) is 22.5 Å². The van der Waals surface area contributed by atoms with E-state index in [1.54, 1.807) is 0 Å². The Kier molecular flexibility index (Phi) is 10.6. The third-order valence-electron chi connectivity index (χ3n) is 12.6. The van der Waals surface area contributed by atoms with Crippen molar-refractivity contribution >= 4 is 60.5 Å². The van der Waals surface area contributed by atoms with Crippen molar-refractivity contribution in [3.05, 3.63) is 209 Å². The van der Waals surface area contributed by atoms with Gasteiger partial charge in [0.15, 0.2) is 0 Å². The van der Waals surface area contributed by atoms with Crippen LogP contribution in [0.25, 0.3) is 66.2 Å². The third-order valence-corrected chi connectivity index (χ3v) is 13.7. The fraction of sp³-hybridized carbons (Fsp3) is 0.158. The Morgan fingerprint density at radius 2 is 1.30 bits per heavy atom. The summed E-state index contributed by atoms with van der Waals surface area (Å²) in [5.41, 5.74) is 15.6. The number of aryl methyl sites for hydroxylation is 2. The zero-order valence-electron chi connectivity index (χ0n) is 36.0. The summed E-state index contributed by atoms with van der Waals surface area (Å²) >= 11 is 1.85. The molecule has 3 aromatic heterocycles. The van der Waals surface area contributed by atoms with Gasteiger partial charge in [0.2, 0.25) is 0 Å². The van der Waals surface area contributed by atoms with Crippen LogP contribution in [0.3, 0.4) is 0 Å². The maximum Gasteiger partial charge on any atom is 2.00 e. The Balaban J connectivity index is 0.00000471. The summed E-state index contributed by atoms with van der Waals surface area (Å²) in [7, 11) is 0. The minimum atomic E-state index is -0.119. The second-order valence-electron chi connectivity index (χ2n) is 17.8. The monoisotopic (exact) mass is 1010 g/mol. The standard InChI is InChI=1S/C57H46N4S.Pt/c1-36-23-25-50-46(28-36)47-29-37(2)52(61-51-26-24-41(38-16-9-6-10-17-38)32-48(51)45-22-15-27-58-55(45)61)34-53(47)60(50)44-31-42(30-43(33-44)57(3,4)5)56-59-49(35-62-56)54(39-18-11-7-12-19-39)40-20-13-8-14-21-40;/h6-30,32-33,49,54H,35H2,1-5H3;/q-2;+2/t49-;/m0./s1. The Bertz CT molecular complexity index is 3320. The van der Waals surface area contributed by atoms with Crippen molar-refractivity contribution in [2.24, 2.45) is 4.99 Å². The molecule has 7 aromatic carbocycles. The van der Waals surface area contributed by atoms with E-state index < -0.39 is 0 Å². The fourth-order valence-electron chi connectivity index (χ4n) is 9.45. The van der Waals surface area contributed by atoms with Gasteiger partial charge in [-0.05, 0) is 76.0 Å². The molecule has 0 radical (unpaired) electrons. The van der Waals surface area contributed by atoms with Crippen LogP contribution in [0.2, 0.25) is 0 Å². The van der Waals surface area contributed by atoms with E-state index in [0.717, 1.165) is 60.9 Å². The number of fused-ring (bicyclic) bond motifs is 6. The van der Waals surface area contributed by atoms with Crippen molar-refractivity contribution in [2.45, 2.75) is 52.0 Å². The Morgan fingerprint density at radius 1 is 0.635 bits per heavy atom. The molecule has 0 fully saturated rings. The van der Waals surface area contributed by atoms with Crippen LogP contribution in [0, 0.1) is 26.0 Å². The first kappa shape index (κ1) is 41.0. The molecule has 4 heterocycles. The number of rotatable bonds is 7. The summed E-state index contributed by atoms with van der Waals surface area (Å²) < 4.78 is 4.69. The maximum absolute atomic E-state index is 5.56. The number of pyridine rings is 1. The average molecular weight is 1010 g/mol. The maximum atomic E-state index is 5.56. The van der Waals surface area contributed by atoms with Crippen molar-refractivity contribution in [2.75, 3.05) is 5.75 Å².